The van der Waals surface area contributed by atoms with Crippen LogP contribution in [0.1, 0.15) is 11.1 Å². The summed E-state index contributed by atoms with van der Waals surface area (Å²) >= 11 is 12.1. The molecule has 0 radical (unpaired) electrons. The van der Waals surface area contributed by atoms with Crippen LogP contribution in [-0.2, 0) is 6.54 Å². The second-order valence-corrected chi connectivity index (χ2v) is 5.63. The van der Waals surface area contributed by atoms with Crippen LogP contribution in [0.3, 0.4) is 0 Å². The molecular formula is C15H11Cl2N3O4. The molecule has 0 aliphatic carbocycles. The quantitative estimate of drug-likeness (QED) is 0.494. The molecule has 0 aromatic heterocycles. The van der Waals surface area contributed by atoms with Crippen LogP contribution in [0, 0.1) is 10.1 Å². The van der Waals surface area contributed by atoms with Gasteiger partial charge in [0.25, 0.3) is 5.69 Å². The topological polar surface area (TPSA) is 86.0 Å². The minimum atomic E-state index is -0.506. The number of halogens is 2. The summed E-state index contributed by atoms with van der Waals surface area (Å²) in [5.74, 6) is 0.783. The minimum absolute atomic E-state index is 0.0380. The number of hydrogen-bond donors (Lipinski definition) is 1. The largest absolute Gasteiger partial charge is 0.454 e. The van der Waals surface area contributed by atoms with Crippen molar-refractivity contribution in [2.45, 2.75) is 6.54 Å². The lowest BCUT2D eigenvalue weighted by atomic mass is 10.1. The molecule has 1 aliphatic heterocycles. The lowest BCUT2D eigenvalue weighted by Crippen LogP contribution is -2.07. The Morgan fingerprint density at radius 3 is 2.58 bits per heavy atom. The average Bonchev–Trinajstić information content (AvgIpc) is 3.00. The standard InChI is InChI=1S/C15H11Cl2N3O4/c16-11-2-1-3-12(17)10(11)7-19-18-6-9-4-14-15(24-8-23-14)5-13(9)20(21)22/h1-6,19H,7-8H2/b18-6-. The predicted octanol–water partition coefficient (Wildman–Crippen LogP) is 3.75. The van der Waals surface area contributed by atoms with E-state index in [2.05, 4.69) is 10.5 Å². The number of nitrogens with zero attached hydrogens (tertiary/aromatic N) is 2. The molecule has 7 nitrogen and oxygen atoms in total. The second-order valence-electron chi connectivity index (χ2n) is 4.81. The molecule has 9 heteroatoms. The first-order chi connectivity index (χ1) is 11.6. The second kappa shape index (κ2) is 6.94. The van der Waals surface area contributed by atoms with Gasteiger partial charge in [0, 0.05) is 15.6 Å². The van der Waals surface area contributed by atoms with Crippen LogP contribution in [0.4, 0.5) is 5.69 Å². The average molecular weight is 368 g/mol. The predicted molar refractivity (Wildman–Crippen MR) is 90.1 cm³/mol. The molecular weight excluding hydrogens is 357 g/mol. The Bertz CT molecular complexity index is 806. The van der Waals surface area contributed by atoms with Crippen molar-refractivity contribution in [3.63, 3.8) is 0 Å². The lowest BCUT2D eigenvalue weighted by Gasteiger charge is -2.06. The molecule has 2 aromatic carbocycles. The van der Waals surface area contributed by atoms with E-state index in [0.29, 0.717) is 32.7 Å². The maximum atomic E-state index is 11.2. The zero-order valence-electron chi connectivity index (χ0n) is 12.2. The van der Waals surface area contributed by atoms with Gasteiger partial charge in [-0.15, -0.1) is 0 Å². The molecule has 0 saturated carbocycles. The Balaban J connectivity index is 1.76. The third-order valence-electron chi connectivity index (χ3n) is 3.33. The summed E-state index contributed by atoms with van der Waals surface area (Å²) in [6.45, 7) is 0.323. The third-order valence-corrected chi connectivity index (χ3v) is 4.04. The van der Waals surface area contributed by atoms with Crippen molar-refractivity contribution < 1.29 is 14.4 Å². The van der Waals surface area contributed by atoms with Gasteiger partial charge < -0.3 is 14.9 Å². The van der Waals surface area contributed by atoms with Gasteiger partial charge in [-0.25, -0.2) is 0 Å². The van der Waals surface area contributed by atoms with E-state index in [-0.39, 0.29) is 19.0 Å². The van der Waals surface area contributed by atoms with Crippen molar-refractivity contribution in [1.82, 2.24) is 5.43 Å². The molecule has 1 N–H and O–H groups in total. The fraction of sp³-hybridized carbons (Fsp3) is 0.133. The van der Waals surface area contributed by atoms with E-state index in [1.165, 1.54) is 18.3 Å². The van der Waals surface area contributed by atoms with Crippen LogP contribution in [0.5, 0.6) is 11.5 Å². The first kappa shape index (κ1) is 16.4. The highest BCUT2D eigenvalue weighted by Crippen LogP contribution is 2.37. The summed E-state index contributed by atoms with van der Waals surface area (Å²) in [5, 5.41) is 16.2. The number of rotatable bonds is 5. The number of fused-ring (bicyclic) bond motifs is 1. The van der Waals surface area contributed by atoms with E-state index >= 15 is 0 Å². The van der Waals surface area contributed by atoms with Gasteiger partial charge >= 0.3 is 0 Å². The van der Waals surface area contributed by atoms with Crippen molar-refractivity contribution in [3.8, 4) is 11.5 Å². The van der Waals surface area contributed by atoms with Crippen LogP contribution >= 0.6 is 23.2 Å². The number of hydrogen-bond acceptors (Lipinski definition) is 6. The maximum Gasteiger partial charge on any atom is 0.282 e. The normalized spacial score (nSPS) is 12.6. The number of nitrogens with one attached hydrogen (secondary N) is 1. The fourth-order valence-electron chi connectivity index (χ4n) is 2.15. The summed E-state index contributed by atoms with van der Waals surface area (Å²) in [7, 11) is 0. The molecule has 1 aliphatic rings. The van der Waals surface area contributed by atoms with Crippen LogP contribution in [0.25, 0.3) is 0 Å². The first-order valence-corrected chi connectivity index (χ1v) is 7.58. The van der Waals surface area contributed by atoms with Gasteiger partial charge in [-0.2, -0.15) is 5.10 Å². The molecule has 0 bridgehead atoms. The van der Waals surface area contributed by atoms with E-state index in [9.17, 15) is 10.1 Å². The molecule has 0 atom stereocenters. The first-order valence-electron chi connectivity index (χ1n) is 6.83. The number of ether oxygens (including phenoxy) is 2. The Hall–Kier alpha value is -2.51. The Morgan fingerprint density at radius 1 is 1.25 bits per heavy atom. The van der Waals surface area contributed by atoms with E-state index in [1.54, 1.807) is 18.2 Å². The molecule has 1 heterocycles. The Morgan fingerprint density at radius 2 is 1.92 bits per heavy atom. The van der Waals surface area contributed by atoms with Gasteiger partial charge in [-0.05, 0) is 18.2 Å². The van der Waals surface area contributed by atoms with E-state index in [4.69, 9.17) is 32.7 Å². The Kier molecular flexibility index (Phi) is 4.73. The summed E-state index contributed by atoms with van der Waals surface area (Å²) in [4.78, 5) is 10.7. The van der Waals surface area contributed by atoms with Gasteiger partial charge in [0.05, 0.1) is 29.3 Å². The van der Waals surface area contributed by atoms with Crippen LogP contribution < -0.4 is 14.9 Å². The smallest absolute Gasteiger partial charge is 0.282 e. The highest BCUT2D eigenvalue weighted by Gasteiger charge is 2.22. The lowest BCUT2D eigenvalue weighted by molar-refractivity contribution is -0.385. The van der Waals surface area contributed by atoms with Crippen molar-refractivity contribution in [2.24, 2.45) is 5.10 Å². The molecule has 3 rings (SSSR count). The van der Waals surface area contributed by atoms with Gasteiger partial charge in [0.1, 0.15) is 0 Å². The molecule has 0 spiro atoms. The van der Waals surface area contributed by atoms with Crippen molar-refractivity contribution in [1.29, 1.82) is 0 Å². The van der Waals surface area contributed by atoms with E-state index in [0.717, 1.165) is 0 Å². The van der Waals surface area contributed by atoms with Gasteiger partial charge in [0.2, 0.25) is 6.79 Å². The minimum Gasteiger partial charge on any atom is -0.454 e. The summed E-state index contributed by atoms with van der Waals surface area (Å²) in [6.07, 6.45) is 1.34. The van der Waals surface area contributed by atoms with Crippen molar-refractivity contribution in [2.75, 3.05) is 6.79 Å². The zero-order valence-corrected chi connectivity index (χ0v) is 13.7. The highest BCUT2D eigenvalue weighted by molar-refractivity contribution is 6.35. The SMILES string of the molecule is O=[N+]([O-])c1cc2c(cc1/C=N\NCc1c(Cl)cccc1Cl)OCO2. The van der Waals surface area contributed by atoms with Crippen molar-refractivity contribution in [3.05, 3.63) is 61.6 Å². The molecule has 0 fully saturated rings. The maximum absolute atomic E-state index is 11.2. The Labute approximate surface area is 146 Å². The number of nitro groups is 1. The summed E-state index contributed by atoms with van der Waals surface area (Å²) in [5.41, 5.74) is 3.63. The molecule has 0 saturated heterocycles. The number of benzene rings is 2. The molecule has 124 valence electrons. The molecule has 0 unspecified atom stereocenters. The van der Waals surface area contributed by atoms with Crippen LogP contribution in [0.15, 0.2) is 35.4 Å². The van der Waals surface area contributed by atoms with E-state index in [1.807, 2.05) is 0 Å². The van der Waals surface area contributed by atoms with Gasteiger partial charge in [-0.1, -0.05) is 29.3 Å². The number of hydrazone groups is 1. The van der Waals surface area contributed by atoms with Gasteiger partial charge in [0.15, 0.2) is 11.5 Å². The molecule has 0 amide bonds. The zero-order chi connectivity index (χ0) is 17.1. The highest BCUT2D eigenvalue weighted by atomic mass is 35.5. The molecule has 2 aromatic rings. The third kappa shape index (κ3) is 3.37. The summed E-state index contributed by atoms with van der Waals surface area (Å²) < 4.78 is 10.4. The summed E-state index contributed by atoms with van der Waals surface area (Å²) in [6, 6.07) is 8.00. The van der Waals surface area contributed by atoms with Crippen LogP contribution in [-0.4, -0.2) is 17.9 Å². The van der Waals surface area contributed by atoms with Gasteiger partial charge in [-0.3, -0.25) is 10.1 Å². The van der Waals surface area contributed by atoms with Crippen LogP contribution in [0.2, 0.25) is 10.0 Å². The number of nitro benzene ring substituents is 1. The van der Waals surface area contributed by atoms with E-state index < -0.39 is 4.92 Å². The van der Waals surface area contributed by atoms with Crippen molar-refractivity contribution >= 4 is 35.1 Å². The monoisotopic (exact) mass is 367 g/mol. The fourth-order valence-corrected chi connectivity index (χ4v) is 2.68. The molecule has 24 heavy (non-hydrogen) atoms.